The minimum Gasteiger partial charge on any atom is -0.382 e. The molecular formula is C22H18Cl2F3N3O6S. The number of alkyl halides is 3. The van der Waals surface area contributed by atoms with Gasteiger partial charge >= 0.3 is 6.18 Å². The van der Waals surface area contributed by atoms with E-state index in [0.29, 0.717) is 15.9 Å². The molecule has 15 heteroatoms. The molecule has 0 saturated carbocycles. The van der Waals surface area contributed by atoms with Crippen LogP contribution in [0.15, 0.2) is 53.6 Å². The number of hydrogen-bond donors (Lipinski definition) is 1. The summed E-state index contributed by atoms with van der Waals surface area (Å²) in [6.45, 7) is 0.883. The van der Waals surface area contributed by atoms with Crippen LogP contribution in [-0.4, -0.2) is 37.3 Å². The number of aliphatic hydroxyl groups excluding tert-OH is 1. The molecule has 1 aromatic heterocycles. The van der Waals surface area contributed by atoms with Gasteiger partial charge in [0, 0.05) is 36.0 Å². The van der Waals surface area contributed by atoms with Gasteiger partial charge in [0.1, 0.15) is 12.8 Å². The number of pyridine rings is 1. The summed E-state index contributed by atoms with van der Waals surface area (Å²) >= 11 is 11.8. The van der Waals surface area contributed by atoms with Crippen molar-refractivity contribution in [3.05, 3.63) is 91.2 Å². The van der Waals surface area contributed by atoms with Gasteiger partial charge in [-0.1, -0.05) is 23.2 Å². The summed E-state index contributed by atoms with van der Waals surface area (Å²) in [7, 11) is -3.59. The van der Waals surface area contributed by atoms with Gasteiger partial charge in [0.15, 0.2) is 0 Å². The fourth-order valence-electron chi connectivity index (χ4n) is 3.37. The third-order valence-corrected chi connectivity index (χ3v) is 7.53. The van der Waals surface area contributed by atoms with Crippen molar-refractivity contribution in [1.82, 2.24) is 4.98 Å². The molecule has 1 atom stereocenters. The molecule has 1 heterocycles. The van der Waals surface area contributed by atoms with Crippen molar-refractivity contribution in [2.45, 2.75) is 24.1 Å². The molecule has 0 amide bonds. The van der Waals surface area contributed by atoms with Crippen LogP contribution in [0.5, 0.6) is 0 Å². The first kappa shape index (κ1) is 28.6. The van der Waals surface area contributed by atoms with Gasteiger partial charge in [-0.2, -0.15) is 13.2 Å². The zero-order chi connectivity index (χ0) is 27.7. The van der Waals surface area contributed by atoms with Gasteiger partial charge < -0.3 is 9.84 Å². The lowest BCUT2D eigenvalue weighted by Gasteiger charge is -2.27. The van der Waals surface area contributed by atoms with E-state index in [2.05, 4.69) is 4.98 Å². The van der Waals surface area contributed by atoms with Crippen LogP contribution in [0.2, 0.25) is 10.0 Å². The minimum atomic E-state index is -4.93. The molecule has 2 aromatic carbocycles. The number of non-ortho nitro benzene ring substituents is 1. The van der Waals surface area contributed by atoms with Crippen molar-refractivity contribution >= 4 is 44.6 Å². The Morgan fingerprint density at radius 1 is 1.16 bits per heavy atom. The Balaban J connectivity index is 2.22. The van der Waals surface area contributed by atoms with Crippen molar-refractivity contribution in [2.75, 3.05) is 18.1 Å². The fourth-order valence-corrected chi connectivity index (χ4v) is 5.23. The molecule has 1 N–H and O–H groups in total. The monoisotopic (exact) mass is 579 g/mol. The number of benzene rings is 2. The minimum absolute atomic E-state index is 0.0694. The van der Waals surface area contributed by atoms with Crippen molar-refractivity contribution in [1.29, 1.82) is 0 Å². The predicted octanol–water partition coefficient (Wildman–Crippen LogP) is 5.50. The number of aliphatic hydroxyl groups is 1. The Kier molecular flexibility index (Phi) is 8.34. The quantitative estimate of drug-likeness (QED) is 0.212. The average Bonchev–Trinajstić information content (AvgIpc) is 2.81. The molecular weight excluding hydrogens is 562 g/mol. The maximum Gasteiger partial charge on any atom is 0.417 e. The summed E-state index contributed by atoms with van der Waals surface area (Å²) in [6, 6.07) is 6.69. The summed E-state index contributed by atoms with van der Waals surface area (Å²) in [5.41, 5.74) is -2.01. The number of aromatic nitrogens is 1. The number of halogens is 5. The zero-order valence-corrected chi connectivity index (χ0v) is 21.4. The third kappa shape index (κ3) is 5.96. The van der Waals surface area contributed by atoms with Gasteiger partial charge in [0.25, 0.3) is 15.7 Å². The second kappa shape index (κ2) is 10.8. The van der Waals surface area contributed by atoms with E-state index in [-0.39, 0.29) is 22.0 Å². The van der Waals surface area contributed by atoms with Gasteiger partial charge in [0.2, 0.25) is 0 Å². The molecule has 37 heavy (non-hydrogen) atoms. The van der Waals surface area contributed by atoms with E-state index in [9.17, 15) is 36.8 Å². The van der Waals surface area contributed by atoms with Crippen molar-refractivity contribution in [2.24, 2.45) is 0 Å². The van der Waals surface area contributed by atoms with Crippen LogP contribution in [0, 0.1) is 17.0 Å². The summed E-state index contributed by atoms with van der Waals surface area (Å²) < 4.78 is 73.0. The smallest absolute Gasteiger partial charge is 0.382 e. The van der Waals surface area contributed by atoms with Crippen molar-refractivity contribution in [3.8, 4) is 0 Å². The maximum absolute atomic E-state index is 13.6. The van der Waals surface area contributed by atoms with Gasteiger partial charge in [-0.25, -0.2) is 12.7 Å². The molecule has 1 unspecified atom stereocenters. The Morgan fingerprint density at radius 2 is 1.81 bits per heavy atom. The number of sulfonamides is 1. The number of nitrogens with zero attached hydrogens (tertiary/aromatic N) is 3. The number of ether oxygens (including phenoxy) is 1. The number of aryl methyl sites for hydroxylation is 1. The summed E-state index contributed by atoms with van der Waals surface area (Å²) in [5.74, 6) is 0. The van der Waals surface area contributed by atoms with E-state index in [4.69, 9.17) is 27.9 Å². The first-order chi connectivity index (χ1) is 17.2. The van der Waals surface area contributed by atoms with E-state index in [1.165, 1.54) is 18.3 Å². The number of nitro groups is 1. The van der Waals surface area contributed by atoms with Crippen LogP contribution in [0.1, 0.15) is 28.5 Å². The highest BCUT2D eigenvalue weighted by atomic mass is 35.5. The van der Waals surface area contributed by atoms with E-state index in [0.717, 1.165) is 31.4 Å². The number of hydrogen-bond acceptors (Lipinski definition) is 7. The second-order valence-corrected chi connectivity index (χ2v) is 10.4. The van der Waals surface area contributed by atoms with Crippen LogP contribution in [0.3, 0.4) is 0 Å². The molecule has 0 aliphatic heterocycles. The van der Waals surface area contributed by atoms with E-state index >= 15 is 0 Å². The van der Waals surface area contributed by atoms with Gasteiger partial charge in [-0.05, 0) is 42.8 Å². The fraction of sp³-hybridized carbons (Fsp3) is 0.227. The first-order valence-corrected chi connectivity index (χ1v) is 12.3. The van der Waals surface area contributed by atoms with Crippen LogP contribution in [0.4, 0.5) is 24.5 Å². The molecule has 3 aromatic rings. The van der Waals surface area contributed by atoms with Crippen LogP contribution in [0.25, 0.3) is 0 Å². The predicted molar refractivity (Wildman–Crippen MR) is 129 cm³/mol. The van der Waals surface area contributed by atoms with Gasteiger partial charge in [-0.15, -0.1) is 0 Å². The molecule has 0 bridgehead atoms. The van der Waals surface area contributed by atoms with Crippen LogP contribution in [-0.2, 0) is 20.9 Å². The molecule has 0 aliphatic rings. The Hall–Kier alpha value is -2.97. The first-order valence-electron chi connectivity index (χ1n) is 10.1. The summed E-state index contributed by atoms with van der Waals surface area (Å²) in [6.07, 6.45) is -5.39. The lowest BCUT2D eigenvalue weighted by molar-refractivity contribution is -0.385. The molecule has 0 radical (unpaired) electrons. The number of anilines is 1. The van der Waals surface area contributed by atoms with E-state index < -0.39 is 55.1 Å². The highest BCUT2D eigenvalue weighted by molar-refractivity contribution is 7.92. The number of nitro benzene ring substituents is 1. The molecule has 3 rings (SSSR count). The Morgan fingerprint density at radius 3 is 2.41 bits per heavy atom. The standard InChI is InChI=1S/C22H18Cl2F3N3O6S/c1-12-7-19(20(28-10-12)21(31)15-8-13(30(32)33)3-5-17(15)23)29(11-36-2)37(34,35)14-4-6-18(24)16(9-14)22(25,26)27/h3-10,21,31H,11H2,1-2H3. The largest absolute Gasteiger partial charge is 0.417 e. The molecule has 9 nitrogen and oxygen atoms in total. The second-order valence-electron chi connectivity index (χ2n) is 7.69. The lowest BCUT2D eigenvalue weighted by atomic mass is 10.0. The highest BCUT2D eigenvalue weighted by Gasteiger charge is 2.37. The maximum atomic E-state index is 13.6. The SMILES string of the molecule is COCN(c1cc(C)cnc1C(O)c1cc([N+](=O)[O-])ccc1Cl)S(=O)(=O)c1ccc(Cl)c(C(F)(F)F)c1. The molecule has 0 spiro atoms. The van der Waals surface area contributed by atoms with Gasteiger partial charge in [-0.3, -0.25) is 15.1 Å². The summed E-state index contributed by atoms with van der Waals surface area (Å²) in [4.78, 5) is 13.9. The third-order valence-electron chi connectivity index (χ3n) is 5.12. The summed E-state index contributed by atoms with van der Waals surface area (Å²) in [5, 5.41) is 21.5. The Bertz CT molecular complexity index is 1450. The normalized spacial score (nSPS) is 12.9. The average molecular weight is 580 g/mol. The van der Waals surface area contributed by atoms with Crippen molar-refractivity contribution in [3.63, 3.8) is 0 Å². The van der Waals surface area contributed by atoms with E-state index in [1.807, 2.05) is 0 Å². The molecule has 0 fully saturated rings. The molecule has 0 aliphatic carbocycles. The lowest BCUT2D eigenvalue weighted by Crippen LogP contribution is -2.34. The topological polar surface area (TPSA) is 123 Å². The highest BCUT2D eigenvalue weighted by Crippen LogP contribution is 2.39. The van der Waals surface area contributed by atoms with Crippen LogP contribution < -0.4 is 4.31 Å². The molecule has 0 saturated heterocycles. The van der Waals surface area contributed by atoms with Crippen molar-refractivity contribution < 1.29 is 36.4 Å². The molecule has 198 valence electrons. The number of rotatable bonds is 8. The van der Waals surface area contributed by atoms with Crippen LogP contribution >= 0.6 is 23.2 Å². The zero-order valence-electron chi connectivity index (χ0n) is 19.0. The van der Waals surface area contributed by atoms with E-state index in [1.54, 1.807) is 6.92 Å². The Labute approximate surface area is 219 Å². The van der Waals surface area contributed by atoms with Gasteiger partial charge in [0.05, 0.1) is 31.8 Å². The number of methoxy groups -OCH3 is 1.